The van der Waals surface area contributed by atoms with Gasteiger partial charge in [-0.2, -0.15) is 0 Å². The highest BCUT2D eigenvalue weighted by molar-refractivity contribution is 5.92. The van der Waals surface area contributed by atoms with E-state index in [4.69, 9.17) is 5.21 Å². The van der Waals surface area contributed by atoms with Crippen LogP contribution in [-0.4, -0.2) is 45.2 Å². The zero-order chi connectivity index (χ0) is 30.9. The molecule has 0 spiro atoms. The summed E-state index contributed by atoms with van der Waals surface area (Å²) in [5.41, 5.74) is 6.06. The molecule has 0 aliphatic carbocycles. The monoisotopic (exact) mass is 574 g/mol. The number of hydrogen-bond acceptors (Lipinski definition) is 6. The zero-order valence-corrected chi connectivity index (χ0v) is 24.9. The Balaban J connectivity index is 1.71. The molecule has 1 heterocycles. The van der Waals surface area contributed by atoms with Crippen LogP contribution in [0.3, 0.4) is 0 Å². The highest BCUT2D eigenvalue weighted by Crippen LogP contribution is 2.26. The molecule has 0 saturated carbocycles. The van der Waals surface area contributed by atoms with E-state index in [1.165, 1.54) is 5.48 Å². The molecule has 3 amide bonds. The van der Waals surface area contributed by atoms with Gasteiger partial charge in [-0.15, -0.1) is 0 Å². The Hall–Kier alpha value is -4.08. The van der Waals surface area contributed by atoms with Gasteiger partial charge in [0.1, 0.15) is 12.1 Å². The van der Waals surface area contributed by atoms with Gasteiger partial charge in [0.25, 0.3) is 5.91 Å². The van der Waals surface area contributed by atoms with E-state index in [9.17, 15) is 19.5 Å². The molecule has 0 aliphatic rings. The number of aromatic nitrogens is 1. The van der Waals surface area contributed by atoms with Gasteiger partial charge in [0.15, 0.2) is 0 Å². The SMILES string of the molecule is Cc1cc(CCC[C@@H](C(=O)N[C@H](C(=O)N[C@H](C)c2ccncc2)C(C)(C)C)[C@H](O)C(=O)NO)ccc1-c1ccccc1. The number of nitrogens with zero attached hydrogens (tertiary/aromatic N) is 1. The van der Waals surface area contributed by atoms with Crippen LogP contribution in [0.15, 0.2) is 73.1 Å². The third-order valence-electron chi connectivity index (χ3n) is 7.43. The van der Waals surface area contributed by atoms with E-state index in [0.717, 1.165) is 27.8 Å². The Bertz CT molecular complexity index is 1340. The van der Waals surface area contributed by atoms with E-state index < -0.39 is 41.2 Å². The van der Waals surface area contributed by atoms with Crippen molar-refractivity contribution in [3.05, 3.63) is 89.7 Å². The van der Waals surface area contributed by atoms with Gasteiger partial charge in [-0.3, -0.25) is 24.6 Å². The molecule has 9 heteroatoms. The first-order chi connectivity index (χ1) is 19.9. The van der Waals surface area contributed by atoms with E-state index in [1.54, 1.807) is 24.5 Å². The number of aryl methyl sites for hydroxylation is 2. The lowest BCUT2D eigenvalue weighted by Gasteiger charge is -2.33. The molecule has 0 unspecified atom stereocenters. The summed E-state index contributed by atoms with van der Waals surface area (Å²) in [6, 6.07) is 18.6. The van der Waals surface area contributed by atoms with Crippen LogP contribution in [0.4, 0.5) is 0 Å². The van der Waals surface area contributed by atoms with E-state index in [0.29, 0.717) is 12.8 Å². The van der Waals surface area contributed by atoms with Crippen LogP contribution in [0.1, 0.15) is 63.3 Å². The van der Waals surface area contributed by atoms with Gasteiger partial charge >= 0.3 is 0 Å². The van der Waals surface area contributed by atoms with Crippen LogP contribution >= 0.6 is 0 Å². The minimum Gasteiger partial charge on any atom is -0.382 e. The molecule has 2 aromatic carbocycles. The Kier molecular flexibility index (Phi) is 11.4. The van der Waals surface area contributed by atoms with E-state index in [-0.39, 0.29) is 12.5 Å². The summed E-state index contributed by atoms with van der Waals surface area (Å²) in [4.78, 5) is 43.0. The van der Waals surface area contributed by atoms with Crippen molar-refractivity contribution in [2.24, 2.45) is 11.3 Å². The van der Waals surface area contributed by atoms with Crippen LogP contribution in [0.5, 0.6) is 0 Å². The van der Waals surface area contributed by atoms with Crippen LogP contribution in [0, 0.1) is 18.3 Å². The summed E-state index contributed by atoms with van der Waals surface area (Å²) >= 11 is 0. The van der Waals surface area contributed by atoms with Crippen molar-refractivity contribution < 1.29 is 24.7 Å². The molecular weight excluding hydrogens is 532 g/mol. The third kappa shape index (κ3) is 8.71. The number of carbonyl (C=O) groups excluding carboxylic acids is 3. The largest absolute Gasteiger partial charge is 0.382 e. The van der Waals surface area contributed by atoms with Crippen LogP contribution in [0.25, 0.3) is 11.1 Å². The second-order valence-corrected chi connectivity index (χ2v) is 11.8. The zero-order valence-electron chi connectivity index (χ0n) is 24.9. The molecule has 3 aromatic rings. The first kappa shape index (κ1) is 32.4. The fraction of sp³-hybridized carbons (Fsp3) is 0.394. The molecule has 5 N–H and O–H groups in total. The van der Waals surface area contributed by atoms with Crippen molar-refractivity contribution in [1.29, 1.82) is 0 Å². The van der Waals surface area contributed by atoms with Gasteiger partial charge in [-0.05, 0) is 78.5 Å². The Morgan fingerprint density at radius 3 is 2.17 bits per heavy atom. The summed E-state index contributed by atoms with van der Waals surface area (Å²) in [6.07, 6.45) is 2.74. The van der Waals surface area contributed by atoms with Gasteiger partial charge < -0.3 is 15.7 Å². The smallest absolute Gasteiger partial charge is 0.272 e. The van der Waals surface area contributed by atoms with Gasteiger partial charge in [-0.25, -0.2) is 5.48 Å². The molecule has 0 bridgehead atoms. The van der Waals surface area contributed by atoms with E-state index >= 15 is 0 Å². The number of nitrogens with one attached hydrogen (secondary N) is 3. The maximum absolute atomic E-state index is 13.5. The highest BCUT2D eigenvalue weighted by Gasteiger charge is 2.38. The number of pyridine rings is 1. The fourth-order valence-electron chi connectivity index (χ4n) is 4.99. The topological polar surface area (TPSA) is 141 Å². The van der Waals surface area contributed by atoms with Gasteiger partial charge in [-0.1, -0.05) is 69.3 Å². The molecule has 0 aliphatic heterocycles. The molecule has 224 valence electrons. The number of aliphatic hydroxyl groups excluding tert-OH is 1. The molecule has 0 fully saturated rings. The molecule has 0 radical (unpaired) electrons. The second-order valence-electron chi connectivity index (χ2n) is 11.8. The standard InChI is InChI=1S/C33H42N4O5/c1-21-20-23(14-15-26(21)25-11-7-6-8-12-25)10-9-13-27(28(38)31(40)37-42)30(39)36-29(33(3,4)5)32(41)35-22(2)24-16-18-34-19-17-24/h6-8,11-12,14-20,22,27-29,38,42H,9-10,13H2,1-5H3,(H,35,41)(H,36,39)(H,37,40)/t22-,27-,28+,29-/m1/s1. The van der Waals surface area contributed by atoms with Crippen LogP contribution in [0.2, 0.25) is 0 Å². The van der Waals surface area contributed by atoms with Crippen molar-refractivity contribution in [3.8, 4) is 11.1 Å². The Labute approximate surface area is 247 Å². The lowest BCUT2D eigenvalue weighted by Crippen LogP contribution is -2.56. The summed E-state index contributed by atoms with van der Waals surface area (Å²) in [7, 11) is 0. The highest BCUT2D eigenvalue weighted by atomic mass is 16.5. The lowest BCUT2D eigenvalue weighted by molar-refractivity contribution is -0.147. The maximum Gasteiger partial charge on any atom is 0.272 e. The fourth-order valence-corrected chi connectivity index (χ4v) is 4.99. The summed E-state index contributed by atoms with van der Waals surface area (Å²) in [5.74, 6) is -3.30. The lowest BCUT2D eigenvalue weighted by atomic mass is 9.84. The number of aliphatic hydroxyl groups is 1. The van der Waals surface area contributed by atoms with Crippen molar-refractivity contribution in [1.82, 2.24) is 21.1 Å². The molecule has 0 saturated heterocycles. The van der Waals surface area contributed by atoms with Crippen molar-refractivity contribution >= 4 is 17.7 Å². The minimum atomic E-state index is -1.79. The predicted octanol–water partition coefficient (Wildman–Crippen LogP) is 4.27. The average Bonchev–Trinajstić information content (AvgIpc) is 2.97. The molecule has 4 atom stereocenters. The van der Waals surface area contributed by atoms with E-state index in [1.807, 2.05) is 58.9 Å². The third-order valence-corrected chi connectivity index (χ3v) is 7.43. The number of hydrogen-bond donors (Lipinski definition) is 5. The molecule has 42 heavy (non-hydrogen) atoms. The normalized spacial score (nSPS) is 14.3. The number of carbonyl (C=O) groups is 3. The van der Waals surface area contributed by atoms with Gasteiger partial charge in [0.2, 0.25) is 11.8 Å². The van der Waals surface area contributed by atoms with E-state index in [2.05, 4.69) is 39.9 Å². The molecule has 1 aromatic heterocycles. The predicted molar refractivity (Wildman–Crippen MR) is 161 cm³/mol. The van der Waals surface area contributed by atoms with Crippen LogP contribution in [-0.2, 0) is 20.8 Å². The number of rotatable bonds is 12. The van der Waals surface area contributed by atoms with Gasteiger partial charge in [0.05, 0.1) is 12.0 Å². The average molecular weight is 575 g/mol. The summed E-state index contributed by atoms with van der Waals surface area (Å²) < 4.78 is 0. The minimum absolute atomic E-state index is 0.159. The summed E-state index contributed by atoms with van der Waals surface area (Å²) in [5, 5.41) is 25.5. The Morgan fingerprint density at radius 1 is 0.905 bits per heavy atom. The number of amides is 3. The quantitative estimate of drug-likeness (QED) is 0.162. The van der Waals surface area contributed by atoms with Crippen molar-refractivity contribution in [2.75, 3.05) is 0 Å². The summed E-state index contributed by atoms with van der Waals surface area (Å²) in [6.45, 7) is 9.34. The second kappa shape index (κ2) is 14.7. The Morgan fingerprint density at radius 2 is 1.57 bits per heavy atom. The molecule has 3 rings (SSSR count). The first-order valence-corrected chi connectivity index (χ1v) is 14.2. The maximum atomic E-state index is 13.5. The first-order valence-electron chi connectivity index (χ1n) is 14.2. The van der Waals surface area contributed by atoms with Crippen molar-refractivity contribution in [2.45, 2.75) is 72.1 Å². The van der Waals surface area contributed by atoms with Gasteiger partial charge in [0, 0.05) is 12.4 Å². The number of benzene rings is 2. The van der Waals surface area contributed by atoms with Crippen LogP contribution < -0.4 is 16.1 Å². The molecule has 9 nitrogen and oxygen atoms in total. The molecular formula is C33H42N4O5. The van der Waals surface area contributed by atoms with Crippen molar-refractivity contribution in [3.63, 3.8) is 0 Å². The number of hydroxylamine groups is 1.